The average Bonchev–Trinajstić information content (AvgIpc) is 2.68. The Hall–Kier alpha value is -3.69. The zero-order valence-corrected chi connectivity index (χ0v) is 14.5. The predicted molar refractivity (Wildman–Crippen MR) is 95.6 cm³/mol. The normalized spacial score (nSPS) is 11.0. The molecule has 2 aromatic carbocycles. The van der Waals surface area contributed by atoms with Gasteiger partial charge in [0.2, 0.25) is 5.95 Å². The summed E-state index contributed by atoms with van der Waals surface area (Å²) in [5.74, 6) is -0.117. The second-order valence-corrected chi connectivity index (χ2v) is 5.56. The summed E-state index contributed by atoms with van der Waals surface area (Å²) in [5.41, 5.74) is 0.403. The van der Waals surface area contributed by atoms with E-state index in [-0.39, 0.29) is 11.6 Å². The van der Waals surface area contributed by atoms with Crippen molar-refractivity contribution in [3.8, 4) is 0 Å². The van der Waals surface area contributed by atoms with E-state index in [0.717, 1.165) is 12.1 Å². The maximum absolute atomic E-state index is 12.8. The lowest BCUT2D eigenvalue weighted by Crippen LogP contribution is -2.06. The molecule has 0 bridgehead atoms. The fraction of sp³-hybridized carbons (Fsp3) is 0.111. The third kappa shape index (κ3) is 4.72. The Kier molecular flexibility index (Phi) is 5.39. The van der Waals surface area contributed by atoms with Crippen LogP contribution in [0.3, 0.4) is 0 Å². The van der Waals surface area contributed by atoms with Crippen molar-refractivity contribution in [1.82, 2.24) is 15.2 Å². The van der Waals surface area contributed by atoms with E-state index in [2.05, 4.69) is 30.6 Å². The molecule has 0 aliphatic carbocycles. The second-order valence-electron chi connectivity index (χ2n) is 5.56. The minimum atomic E-state index is -4.45. The highest BCUT2D eigenvalue weighted by Crippen LogP contribution is 2.31. The van der Waals surface area contributed by atoms with Crippen molar-refractivity contribution in [2.24, 2.45) is 0 Å². The summed E-state index contributed by atoms with van der Waals surface area (Å²) in [5, 5.41) is 13.2. The van der Waals surface area contributed by atoms with Gasteiger partial charge < -0.3 is 15.4 Å². The van der Waals surface area contributed by atoms with Crippen LogP contribution in [0.2, 0.25) is 0 Å². The number of aromatic nitrogens is 3. The summed E-state index contributed by atoms with van der Waals surface area (Å²) in [4.78, 5) is 15.6. The van der Waals surface area contributed by atoms with Crippen LogP contribution in [0.4, 0.5) is 36.3 Å². The van der Waals surface area contributed by atoms with Crippen molar-refractivity contribution in [2.75, 3.05) is 17.7 Å². The molecule has 0 radical (unpaired) electrons. The van der Waals surface area contributed by atoms with Gasteiger partial charge in [-0.3, -0.25) is 0 Å². The van der Waals surface area contributed by atoms with Gasteiger partial charge in [-0.25, -0.2) is 4.79 Å². The van der Waals surface area contributed by atoms with E-state index >= 15 is 0 Å². The first-order valence-corrected chi connectivity index (χ1v) is 7.94. The topological polar surface area (TPSA) is 89.0 Å². The second kappa shape index (κ2) is 7.91. The lowest BCUT2D eigenvalue weighted by atomic mass is 10.2. The average molecular weight is 389 g/mol. The number of rotatable bonds is 5. The largest absolute Gasteiger partial charge is 0.465 e. The Bertz CT molecular complexity index is 977. The van der Waals surface area contributed by atoms with Crippen LogP contribution in [-0.4, -0.2) is 28.3 Å². The molecule has 3 rings (SSSR count). The lowest BCUT2D eigenvalue weighted by molar-refractivity contribution is -0.137. The van der Waals surface area contributed by atoms with Gasteiger partial charge in [-0.2, -0.15) is 23.3 Å². The molecule has 0 atom stereocenters. The van der Waals surface area contributed by atoms with Crippen LogP contribution >= 0.6 is 0 Å². The summed E-state index contributed by atoms with van der Waals surface area (Å²) in [6, 6.07) is 11.1. The zero-order valence-electron chi connectivity index (χ0n) is 14.5. The van der Waals surface area contributed by atoms with Gasteiger partial charge in [0.05, 0.1) is 24.4 Å². The molecule has 3 aromatic rings. The molecule has 144 valence electrons. The van der Waals surface area contributed by atoms with E-state index in [9.17, 15) is 18.0 Å². The van der Waals surface area contributed by atoms with Crippen molar-refractivity contribution < 1.29 is 22.7 Å². The number of halogens is 3. The van der Waals surface area contributed by atoms with Gasteiger partial charge in [0.15, 0.2) is 5.82 Å². The monoisotopic (exact) mass is 389 g/mol. The third-order valence-electron chi connectivity index (χ3n) is 3.58. The first-order valence-electron chi connectivity index (χ1n) is 7.94. The fourth-order valence-corrected chi connectivity index (χ4v) is 2.27. The van der Waals surface area contributed by atoms with Crippen LogP contribution in [0.1, 0.15) is 15.9 Å². The van der Waals surface area contributed by atoms with Crippen LogP contribution in [0.5, 0.6) is 0 Å². The van der Waals surface area contributed by atoms with Crippen molar-refractivity contribution in [3.63, 3.8) is 0 Å². The molecule has 0 fully saturated rings. The molecule has 28 heavy (non-hydrogen) atoms. The SMILES string of the molecule is COC(=O)c1ccc(Nc2cnnc(Nc3cccc(C(F)(F)F)c3)n2)cc1. The maximum atomic E-state index is 12.8. The smallest absolute Gasteiger partial charge is 0.416 e. The number of carbonyl (C=O) groups is 1. The fourth-order valence-electron chi connectivity index (χ4n) is 2.27. The van der Waals surface area contributed by atoms with Crippen LogP contribution in [0, 0.1) is 0 Å². The Morgan fingerprint density at radius 2 is 1.79 bits per heavy atom. The highest BCUT2D eigenvalue weighted by Gasteiger charge is 2.30. The summed E-state index contributed by atoms with van der Waals surface area (Å²) in [6.45, 7) is 0. The molecule has 1 aromatic heterocycles. The van der Waals surface area contributed by atoms with Crippen molar-refractivity contribution in [3.05, 3.63) is 65.9 Å². The minimum absolute atomic E-state index is 0.0236. The predicted octanol–water partition coefficient (Wildman–Crippen LogP) is 4.16. The highest BCUT2D eigenvalue weighted by atomic mass is 19.4. The Labute approximate surface area is 157 Å². The number of carbonyl (C=O) groups excluding carboxylic acids is 1. The molecule has 0 saturated heterocycles. The molecular formula is C18H14F3N5O2. The summed E-state index contributed by atoms with van der Waals surface area (Å²) in [7, 11) is 1.29. The Morgan fingerprint density at radius 3 is 2.46 bits per heavy atom. The van der Waals surface area contributed by atoms with Gasteiger partial charge in [-0.1, -0.05) is 6.07 Å². The molecule has 0 amide bonds. The number of hydrogen-bond acceptors (Lipinski definition) is 7. The van der Waals surface area contributed by atoms with E-state index in [1.807, 2.05) is 0 Å². The number of methoxy groups -OCH3 is 1. The number of esters is 1. The summed E-state index contributed by atoms with van der Waals surface area (Å²) >= 11 is 0. The summed E-state index contributed by atoms with van der Waals surface area (Å²) in [6.07, 6.45) is -3.10. The first kappa shape index (κ1) is 19.1. The number of hydrogen-bond donors (Lipinski definition) is 2. The minimum Gasteiger partial charge on any atom is -0.465 e. The van der Waals surface area contributed by atoms with Gasteiger partial charge in [0.25, 0.3) is 0 Å². The van der Waals surface area contributed by atoms with Crippen LogP contribution in [0.15, 0.2) is 54.7 Å². The van der Waals surface area contributed by atoms with Crippen molar-refractivity contribution >= 4 is 29.1 Å². The maximum Gasteiger partial charge on any atom is 0.416 e. The molecule has 0 spiro atoms. The number of alkyl halides is 3. The van der Waals surface area contributed by atoms with Crippen molar-refractivity contribution in [2.45, 2.75) is 6.18 Å². The highest BCUT2D eigenvalue weighted by molar-refractivity contribution is 5.89. The molecular weight excluding hydrogens is 375 g/mol. The van der Waals surface area contributed by atoms with Gasteiger partial charge in [-0.05, 0) is 42.5 Å². The van der Waals surface area contributed by atoms with E-state index in [1.165, 1.54) is 25.4 Å². The molecule has 10 heteroatoms. The molecule has 1 heterocycles. The van der Waals surface area contributed by atoms with Crippen LogP contribution in [-0.2, 0) is 10.9 Å². The van der Waals surface area contributed by atoms with E-state index in [1.54, 1.807) is 24.3 Å². The summed E-state index contributed by atoms with van der Waals surface area (Å²) < 4.78 is 43.0. The molecule has 7 nitrogen and oxygen atoms in total. The molecule has 0 aliphatic rings. The number of nitrogens with one attached hydrogen (secondary N) is 2. The molecule has 0 saturated carbocycles. The zero-order chi connectivity index (χ0) is 20.1. The van der Waals surface area contributed by atoms with Gasteiger partial charge in [0, 0.05) is 11.4 Å². The van der Waals surface area contributed by atoms with Crippen molar-refractivity contribution in [1.29, 1.82) is 0 Å². The number of ether oxygens (including phenoxy) is 1. The number of benzene rings is 2. The molecule has 0 unspecified atom stereocenters. The van der Waals surface area contributed by atoms with Gasteiger partial charge in [-0.15, -0.1) is 5.10 Å². The quantitative estimate of drug-likeness (QED) is 0.633. The molecule has 0 aliphatic heterocycles. The van der Waals surface area contributed by atoms with E-state index in [4.69, 9.17) is 0 Å². The van der Waals surface area contributed by atoms with Crippen LogP contribution in [0.25, 0.3) is 0 Å². The molecule has 2 N–H and O–H groups in total. The third-order valence-corrected chi connectivity index (χ3v) is 3.58. The van der Waals surface area contributed by atoms with Crippen LogP contribution < -0.4 is 10.6 Å². The first-order chi connectivity index (χ1) is 13.3. The van der Waals surface area contributed by atoms with E-state index < -0.39 is 17.7 Å². The lowest BCUT2D eigenvalue weighted by Gasteiger charge is -2.10. The standard InChI is InChI=1S/C18H14F3N5O2/c1-28-16(27)11-5-7-13(8-6-11)23-15-10-22-26-17(25-15)24-14-4-2-3-12(9-14)18(19,20)21/h2-10H,1H3,(H2,23,24,25,26). The van der Waals surface area contributed by atoms with E-state index in [0.29, 0.717) is 17.1 Å². The number of nitrogens with zero attached hydrogens (tertiary/aromatic N) is 3. The number of anilines is 4. The Balaban J connectivity index is 1.73. The van der Waals surface area contributed by atoms with Gasteiger partial charge in [0.1, 0.15) is 0 Å². The van der Waals surface area contributed by atoms with Gasteiger partial charge >= 0.3 is 12.1 Å². The Morgan fingerprint density at radius 1 is 1.04 bits per heavy atom.